The summed E-state index contributed by atoms with van der Waals surface area (Å²) in [6, 6.07) is 2.16. The van der Waals surface area contributed by atoms with Gasteiger partial charge in [-0.1, -0.05) is 0 Å². The van der Waals surface area contributed by atoms with Crippen molar-refractivity contribution in [1.82, 2.24) is 5.32 Å². The molecular formula is C8H13NO2. The molecule has 1 heterocycles. The zero-order valence-corrected chi connectivity index (χ0v) is 6.58. The summed E-state index contributed by atoms with van der Waals surface area (Å²) >= 11 is 0. The zero-order chi connectivity index (χ0) is 8.10. The van der Waals surface area contributed by atoms with Crippen LogP contribution in [0.15, 0.2) is 23.0 Å². The minimum atomic E-state index is 0.169. The van der Waals surface area contributed by atoms with Gasteiger partial charge < -0.3 is 14.8 Å². The van der Waals surface area contributed by atoms with Crippen molar-refractivity contribution in [3.05, 3.63) is 24.2 Å². The topological polar surface area (TPSA) is 45.4 Å². The molecule has 0 aliphatic heterocycles. The van der Waals surface area contributed by atoms with Crippen LogP contribution in [-0.4, -0.2) is 18.3 Å². The van der Waals surface area contributed by atoms with Crippen molar-refractivity contribution in [2.75, 3.05) is 13.2 Å². The number of nitrogens with one attached hydrogen (secondary N) is 1. The molecule has 0 spiro atoms. The number of aliphatic hydroxyl groups excluding tert-OH is 1. The molecule has 0 aromatic carbocycles. The second kappa shape index (κ2) is 4.16. The van der Waals surface area contributed by atoms with Gasteiger partial charge in [0.1, 0.15) is 0 Å². The summed E-state index contributed by atoms with van der Waals surface area (Å²) < 4.78 is 4.91. The van der Waals surface area contributed by atoms with Crippen molar-refractivity contribution < 1.29 is 9.52 Å². The second-order valence-electron chi connectivity index (χ2n) is 2.46. The molecule has 0 saturated heterocycles. The molecule has 0 aliphatic carbocycles. The Morgan fingerprint density at radius 2 is 2.55 bits per heavy atom. The van der Waals surface area contributed by atoms with Crippen LogP contribution in [0.3, 0.4) is 0 Å². The molecule has 1 rings (SSSR count). The van der Waals surface area contributed by atoms with E-state index in [-0.39, 0.29) is 12.6 Å². The van der Waals surface area contributed by atoms with Gasteiger partial charge in [0.05, 0.1) is 19.1 Å². The van der Waals surface area contributed by atoms with Crippen LogP contribution in [-0.2, 0) is 0 Å². The molecule has 62 valence electrons. The molecule has 11 heavy (non-hydrogen) atoms. The Hall–Kier alpha value is -0.800. The van der Waals surface area contributed by atoms with Crippen LogP contribution in [0, 0.1) is 0 Å². The van der Waals surface area contributed by atoms with Gasteiger partial charge in [0.15, 0.2) is 0 Å². The maximum atomic E-state index is 8.53. The largest absolute Gasteiger partial charge is 0.472 e. The van der Waals surface area contributed by atoms with Gasteiger partial charge in [-0.25, -0.2) is 0 Å². The molecule has 3 nitrogen and oxygen atoms in total. The molecule has 1 aromatic rings. The predicted molar refractivity (Wildman–Crippen MR) is 42.2 cm³/mol. The molecule has 0 fully saturated rings. The number of furan rings is 1. The molecule has 0 aliphatic rings. The van der Waals surface area contributed by atoms with E-state index >= 15 is 0 Å². The van der Waals surface area contributed by atoms with Gasteiger partial charge in [-0.3, -0.25) is 0 Å². The average Bonchev–Trinajstić information content (AvgIpc) is 2.52. The Kier molecular flexibility index (Phi) is 3.14. The van der Waals surface area contributed by atoms with Crippen molar-refractivity contribution >= 4 is 0 Å². The van der Waals surface area contributed by atoms with Gasteiger partial charge in [-0.2, -0.15) is 0 Å². The summed E-state index contributed by atoms with van der Waals surface area (Å²) in [6.45, 7) is 2.81. The Balaban J connectivity index is 2.36. The third-order valence-corrected chi connectivity index (χ3v) is 1.61. The average molecular weight is 155 g/mol. The van der Waals surface area contributed by atoms with E-state index in [1.807, 2.05) is 13.0 Å². The van der Waals surface area contributed by atoms with Crippen LogP contribution in [0.25, 0.3) is 0 Å². The lowest BCUT2D eigenvalue weighted by molar-refractivity contribution is 0.286. The lowest BCUT2D eigenvalue weighted by Gasteiger charge is -2.09. The Morgan fingerprint density at radius 3 is 3.09 bits per heavy atom. The van der Waals surface area contributed by atoms with Crippen LogP contribution < -0.4 is 5.32 Å². The van der Waals surface area contributed by atoms with Gasteiger partial charge >= 0.3 is 0 Å². The summed E-state index contributed by atoms with van der Waals surface area (Å²) in [5.41, 5.74) is 1.11. The van der Waals surface area contributed by atoms with Crippen molar-refractivity contribution in [3.63, 3.8) is 0 Å². The first-order chi connectivity index (χ1) is 5.34. The third-order valence-electron chi connectivity index (χ3n) is 1.61. The monoisotopic (exact) mass is 155 g/mol. The van der Waals surface area contributed by atoms with Crippen molar-refractivity contribution in [3.8, 4) is 0 Å². The Bertz CT molecular complexity index is 184. The highest BCUT2D eigenvalue weighted by Gasteiger charge is 2.03. The highest BCUT2D eigenvalue weighted by Crippen LogP contribution is 2.10. The number of hydrogen-bond acceptors (Lipinski definition) is 3. The summed E-state index contributed by atoms with van der Waals surface area (Å²) in [4.78, 5) is 0. The minimum Gasteiger partial charge on any atom is -0.472 e. The molecule has 3 heteroatoms. The smallest absolute Gasteiger partial charge is 0.0950 e. The van der Waals surface area contributed by atoms with Crippen molar-refractivity contribution in [2.45, 2.75) is 13.0 Å². The Morgan fingerprint density at radius 1 is 1.73 bits per heavy atom. The van der Waals surface area contributed by atoms with E-state index < -0.39 is 0 Å². The lowest BCUT2D eigenvalue weighted by Crippen LogP contribution is -2.21. The molecule has 0 radical (unpaired) electrons. The molecular weight excluding hydrogens is 142 g/mol. The van der Waals surface area contributed by atoms with E-state index in [0.29, 0.717) is 6.54 Å². The highest BCUT2D eigenvalue weighted by molar-refractivity contribution is 5.09. The molecule has 1 atom stereocenters. The summed E-state index contributed by atoms with van der Waals surface area (Å²) in [6.07, 6.45) is 3.35. The number of rotatable bonds is 4. The normalized spacial score (nSPS) is 13.3. The number of hydrogen-bond donors (Lipinski definition) is 2. The van der Waals surface area contributed by atoms with Crippen molar-refractivity contribution in [1.29, 1.82) is 0 Å². The van der Waals surface area contributed by atoms with Gasteiger partial charge in [0.25, 0.3) is 0 Å². The fourth-order valence-corrected chi connectivity index (χ4v) is 0.920. The maximum absolute atomic E-state index is 8.53. The molecule has 0 amide bonds. The molecule has 0 saturated carbocycles. The lowest BCUT2D eigenvalue weighted by atomic mass is 10.2. The second-order valence-corrected chi connectivity index (χ2v) is 2.46. The highest BCUT2D eigenvalue weighted by atomic mass is 16.3. The predicted octanol–water partition coefficient (Wildman–Crippen LogP) is 0.923. The van der Waals surface area contributed by atoms with E-state index in [4.69, 9.17) is 9.52 Å². The first kappa shape index (κ1) is 8.30. The van der Waals surface area contributed by atoms with Gasteiger partial charge in [0, 0.05) is 18.2 Å². The maximum Gasteiger partial charge on any atom is 0.0950 e. The van der Waals surface area contributed by atoms with E-state index in [9.17, 15) is 0 Å². The summed E-state index contributed by atoms with van der Waals surface area (Å²) in [5, 5.41) is 11.7. The van der Waals surface area contributed by atoms with E-state index in [1.165, 1.54) is 0 Å². The van der Waals surface area contributed by atoms with Crippen LogP contribution in [0.2, 0.25) is 0 Å². The van der Waals surface area contributed by atoms with E-state index in [1.54, 1.807) is 12.5 Å². The fraction of sp³-hybridized carbons (Fsp3) is 0.500. The van der Waals surface area contributed by atoms with Crippen LogP contribution >= 0.6 is 0 Å². The van der Waals surface area contributed by atoms with Gasteiger partial charge in [-0.15, -0.1) is 0 Å². The Labute approximate surface area is 66.0 Å². The van der Waals surface area contributed by atoms with Gasteiger partial charge in [-0.05, 0) is 13.0 Å². The van der Waals surface area contributed by atoms with Crippen molar-refractivity contribution in [2.24, 2.45) is 0 Å². The third kappa shape index (κ3) is 2.37. The summed E-state index contributed by atoms with van der Waals surface area (Å²) in [5.74, 6) is 0. The first-order valence-corrected chi connectivity index (χ1v) is 3.71. The van der Waals surface area contributed by atoms with Crippen LogP contribution in [0.1, 0.15) is 18.5 Å². The van der Waals surface area contributed by atoms with Crippen LogP contribution in [0.5, 0.6) is 0 Å². The van der Waals surface area contributed by atoms with Crippen LogP contribution in [0.4, 0.5) is 0 Å². The quantitative estimate of drug-likeness (QED) is 0.679. The minimum absolute atomic E-state index is 0.169. The molecule has 1 unspecified atom stereocenters. The SMILES string of the molecule is CC(NCCO)c1ccoc1. The molecule has 2 N–H and O–H groups in total. The van der Waals surface area contributed by atoms with E-state index in [2.05, 4.69) is 5.32 Å². The van der Waals surface area contributed by atoms with E-state index in [0.717, 1.165) is 5.56 Å². The first-order valence-electron chi connectivity index (χ1n) is 3.71. The standard InChI is InChI=1S/C8H13NO2/c1-7(9-3-4-10)8-2-5-11-6-8/h2,5-7,9-10H,3-4H2,1H3. The van der Waals surface area contributed by atoms with Gasteiger partial charge in [0.2, 0.25) is 0 Å². The summed E-state index contributed by atoms with van der Waals surface area (Å²) in [7, 11) is 0. The zero-order valence-electron chi connectivity index (χ0n) is 6.58. The fourth-order valence-electron chi connectivity index (χ4n) is 0.920. The molecule has 0 bridgehead atoms. The molecule has 1 aromatic heterocycles. The number of aliphatic hydroxyl groups is 1.